The molecule has 104 valence electrons. The minimum atomic E-state index is -0.310. The Morgan fingerprint density at radius 3 is 2.84 bits per heavy atom. The molecule has 4 nitrogen and oxygen atoms in total. The van der Waals surface area contributed by atoms with E-state index in [-0.39, 0.29) is 23.4 Å². The molecule has 0 spiro atoms. The lowest BCUT2D eigenvalue weighted by Crippen LogP contribution is -2.16. The van der Waals surface area contributed by atoms with Crippen LogP contribution in [0.4, 0.5) is 5.69 Å². The van der Waals surface area contributed by atoms with Crippen LogP contribution in [0, 0.1) is 0 Å². The van der Waals surface area contributed by atoms with Gasteiger partial charge in [-0.25, -0.2) is 0 Å². The molecule has 0 radical (unpaired) electrons. The number of amides is 1. The van der Waals surface area contributed by atoms with Gasteiger partial charge in [0.25, 0.3) is 0 Å². The van der Waals surface area contributed by atoms with Gasteiger partial charge in [0, 0.05) is 11.8 Å². The largest absolute Gasteiger partial charge is 0.494 e. The summed E-state index contributed by atoms with van der Waals surface area (Å²) in [6.45, 7) is 2.76. The van der Waals surface area contributed by atoms with Crippen LogP contribution in [0.1, 0.15) is 26.2 Å². The van der Waals surface area contributed by atoms with Crippen molar-refractivity contribution in [2.45, 2.75) is 26.2 Å². The van der Waals surface area contributed by atoms with E-state index in [2.05, 4.69) is 28.2 Å². The van der Waals surface area contributed by atoms with Crippen LogP contribution in [0.2, 0.25) is 0 Å². The van der Waals surface area contributed by atoms with Gasteiger partial charge in [-0.3, -0.25) is 9.59 Å². The summed E-state index contributed by atoms with van der Waals surface area (Å²) in [7, 11) is 0. The van der Waals surface area contributed by atoms with Crippen molar-refractivity contribution in [3.63, 3.8) is 0 Å². The predicted molar refractivity (Wildman–Crippen MR) is 78.9 cm³/mol. The number of benzene rings is 1. The fourth-order valence-corrected chi connectivity index (χ4v) is 1.63. The molecule has 0 unspecified atom stereocenters. The van der Waals surface area contributed by atoms with E-state index in [1.807, 2.05) is 12.1 Å². The fourth-order valence-electron chi connectivity index (χ4n) is 1.43. The van der Waals surface area contributed by atoms with E-state index in [0.29, 0.717) is 12.3 Å². The zero-order valence-electron chi connectivity index (χ0n) is 10.9. The highest BCUT2D eigenvalue weighted by molar-refractivity contribution is 9.09. The first-order valence-electron chi connectivity index (χ1n) is 6.26. The highest BCUT2D eigenvalue weighted by Crippen LogP contribution is 2.17. The summed E-state index contributed by atoms with van der Waals surface area (Å²) in [6.07, 6.45) is 1.95. The third-order valence-corrected chi connectivity index (χ3v) is 3.02. The summed E-state index contributed by atoms with van der Waals surface area (Å²) in [6, 6.07) is 7.17. The summed E-state index contributed by atoms with van der Waals surface area (Å²) in [5.41, 5.74) is 0.640. The number of ether oxygens (including phenoxy) is 1. The van der Waals surface area contributed by atoms with Crippen LogP contribution < -0.4 is 10.1 Å². The molecule has 0 fully saturated rings. The summed E-state index contributed by atoms with van der Waals surface area (Å²) in [4.78, 5) is 22.7. The van der Waals surface area contributed by atoms with Gasteiger partial charge < -0.3 is 10.1 Å². The van der Waals surface area contributed by atoms with Gasteiger partial charge in [0.05, 0.1) is 18.4 Å². The number of halogens is 1. The molecular weight excluding hydrogens is 310 g/mol. The molecule has 0 bridgehead atoms. The van der Waals surface area contributed by atoms with Crippen molar-refractivity contribution in [2.75, 3.05) is 17.3 Å². The molecule has 1 aromatic rings. The first kappa shape index (κ1) is 15.7. The predicted octanol–water partition coefficient (Wildman–Crippen LogP) is 3.16. The van der Waals surface area contributed by atoms with Gasteiger partial charge in [0.2, 0.25) is 5.91 Å². The molecule has 0 saturated carbocycles. The Kier molecular flexibility index (Phi) is 7.18. The molecule has 19 heavy (non-hydrogen) atoms. The normalized spacial score (nSPS) is 10.0. The molecule has 0 aromatic heterocycles. The summed E-state index contributed by atoms with van der Waals surface area (Å²) in [5.74, 6) is 0.265. The fraction of sp³-hybridized carbons (Fsp3) is 0.429. The maximum absolute atomic E-state index is 11.6. The third-order valence-electron chi connectivity index (χ3n) is 2.39. The summed E-state index contributed by atoms with van der Waals surface area (Å²) < 4.78 is 5.55. The lowest BCUT2D eigenvalue weighted by molar-refractivity contribution is -0.123. The molecule has 0 aliphatic carbocycles. The smallest absolute Gasteiger partial charge is 0.231 e. The van der Waals surface area contributed by atoms with Gasteiger partial charge in [-0.1, -0.05) is 35.3 Å². The number of unbranched alkanes of at least 4 members (excludes halogenated alkanes) is 1. The number of carbonyl (C=O) groups excluding carboxylic acids is 2. The molecule has 0 atom stereocenters. The number of ketones is 1. The van der Waals surface area contributed by atoms with E-state index in [1.54, 1.807) is 12.1 Å². The average molecular weight is 328 g/mol. The standard InChI is InChI=1S/C14H18BrNO3/c1-2-3-7-19-13-6-4-5-11(8-13)16-14(18)9-12(17)10-15/h4-6,8H,2-3,7,9-10H2,1H3,(H,16,18). The van der Waals surface area contributed by atoms with Crippen molar-refractivity contribution in [3.8, 4) is 5.75 Å². The summed E-state index contributed by atoms with van der Waals surface area (Å²) in [5, 5.41) is 2.87. The third kappa shape index (κ3) is 6.38. The first-order valence-corrected chi connectivity index (χ1v) is 7.38. The molecule has 0 aliphatic heterocycles. The van der Waals surface area contributed by atoms with Gasteiger partial charge in [-0.2, -0.15) is 0 Å². The molecule has 0 aliphatic rings. The number of hydrogen-bond acceptors (Lipinski definition) is 3. The molecule has 1 aromatic carbocycles. The highest BCUT2D eigenvalue weighted by atomic mass is 79.9. The van der Waals surface area contributed by atoms with Crippen molar-refractivity contribution in [3.05, 3.63) is 24.3 Å². The number of carbonyl (C=O) groups is 2. The van der Waals surface area contributed by atoms with Gasteiger partial charge >= 0.3 is 0 Å². The van der Waals surface area contributed by atoms with E-state index in [9.17, 15) is 9.59 Å². The Labute approximate surface area is 121 Å². The minimum absolute atomic E-state index is 0.119. The Morgan fingerprint density at radius 2 is 2.16 bits per heavy atom. The second-order valence-corrected chi connectivity index (χ2v) is 4.69. The topological polar surface area (TPSA) is 55.4 Å². The zero-order chi connectivity index (χ0) is 14.1. The zero-order valence-corrected chi connectivity index (χ0v) is 12.5. The first-order chi connectivity index (χ1) is 9.15. The van der Waals surface area contributed by atoms with Crippen molar-refractivity contribution >= 4 is 33.3 Å². The molecule has 0 heterocycles. The molecule has 1 amide bonds. The second-order valence-electron chi connectivity index (χ2n) is 4.13. The number of nitrogens with one attached hydrogen (secondary N) is 1. The second kappa shape index (κ2) is 8.69. The quantitative estimate of drug-likeness (QED) is 0.453. The number of anilines is 1. The highest BCUT2D eigenvalue weighted by Gasteiger charge is 2.08. The van der Waals surface area contributed by atoms with Crippen molar-refractivity contribution in [1.29, 1.82) is 0 Å². The number of hydrogen-bond donors (Lipinski definition) is 1. The minimum Gasteiger partial charge on any atom is -0.494 e. The van der Waals surface area contributed by atoms with Gasteiger partial charge in [-0.15, -0.1) is 0 Å². The molecule has 5 heteroatoms. The average Bonchev–Trinajstić information content (AvgIpc) is 2.39. The summed E-state index contributed by atoms with van der Waals surface area (Å²) >= 11 is 3.03. The van der Waals surface area contributed by atoms with Crippen molar-refractivity contribution in [2.24, 2.45) is 0 Å². The molecule has 1 rings (SSSR count). The number of rotatable bonds is 8. The van der Waals surface area contributed by atoms with E-state index in [4.69, 9.17) is 4.74 Å². The maximum atomic E-state index is 11.6. The SMILES string of the molecule is CCCCOc1cccc(NC(=O)CC(=O)CBr)c1. The van der Waals surface area contributed by atoms with Crippen LogP contribution in [0.3, 0.4) is 0 Å². The van der Waals surface area contributed by atoms with Gasteiger partial charge in [-0.05, 0) is 18.6 Å². The van der Waals surface area contributed by atoms with Gasteiger partial charge in [0.1, 0.15) is 5.75 Å². The van der Waals surface area contributed by atoms with Crippen LogP contribution in [0.15, 0.2) is 24.3 Å². The number of Topliss-reactive ketones (excluding diaryl/α,β-unsaturated/α-hetero) is 1. The van der Waals surface area contributed by atoms with Crippen molar-refractivity contribution in [1.82, 2.24) is 0 Å². The number of alkyl halides is 1. The molecular formula is C14H18BrNO3. The van der Waals surface area contributed by atoms with E-state index in [0.717, 1.165) is 18.6 Å². The van der Waals surface area contributed by atoms with Crippen molar-refractivity contribution < 1.29 is 14.3 Å². The van der Waals surface area contributed by atoms with Gasteiger partial charge in [0.15, 0.2) is 5.78 Å². The van der Waals surface area contributed by atoms with E-state index < -0.39 is 0 Å². The van der Waals surface area contributed by atoms with E-state index in [1.165, 1.54) is 0 Å². The van der Waals surface area contributed by atoms with Crippen LogP contribution in [0.25, 0.3) is 0 Å². The Balaban J connectivity index is 2.51. The molecule has 0 saturated heterocycles. The molecule has 1 N–H and O–H groups in total. The van der Waals surface area contributed by atoms with Crippen LogP contribution in [-0.4, -0.2) is 23.6 Å². The lowest BCUT2D eigenvalue weighted by Gasteiger charge is -2.08. The van der Waals surface area contributed by atoms with Crippen LogP contribution in [-0.2, 0) is 9.59 Å². The van der Waals surface area contributed by atoms with Crippen LogP contribution in [0.5, 0.6) is 5.75 Å². The van der Waals surface area contributed by atoms with Crippen LogP contribution >= 0.6 is 15.9 Å². The Bertz CT molecular complexity index is 434. The lowest BCUT2D eigenvalue weighted by atomic mass is 10.2. The Hall–Kier alpha value is -1.36. The van der Waals surface area contributed by atoms with E-state index >= 15 is 0 Å². The maximum Gasteiger partial charge on any atom is 0.231 e. The monoisotopic (exact) mass is 327 g/mol. The Morgan fingerprint density at radius 1 is 1.37 bits per heavy atom.